The summed E-state index contributed by atoms with van der Waals surface area (Å²) in [6.45, 7) is -1.59. The lowest BCUT2D eigenvalue weighted by atomic mass is 9.94. The van der Waals surface area contributed by atoms with Crippen molar-refractivity contribution in [1.29, 1.82) is 0 Å². The van der Waals surface area contributed by atoms with Crippen LogP contribution in [0.3, 0.4) is 0 Å². The Kier molecular flexibility index (Phi) is 17.0. The molecular formula is C35H50N13O25P4+. The topological polar surface area (TPSA) is 536 Å². The lowest BCUT2D eigenvalue weighted by Crippen LogP contribution is -2.45. The van der Waals surface area contributed by atoms with Crippen LogP contribution in [0.1, 0.15) is 32.0 Å². The van der Waals surface area contributed by atoms with Gasteiger partial charge in [-0.15, -0.1) is 0 Å². The van der Waals surface area contributed by atoms with Crippen molar-refractivity contribution in [2.24, 2.45) is 13.0 Å². The number of aliphatic hydroxyl groups is 3. The molecule has 14 N–H and O–H groups in total. The number of imidazole rings is 2. The van der Waals surface area contributed by atoms with Crippen molar-refractivity contribution in [3.63, 3.8) is 0 Å². The molecule has 1 amide bonds. The molecule has 0 aliphatic carbocycles. The Labute approximate surface area is 428 Å². The van der Waals surface area contributed by atoms with Crippen LogP contribution in [0, 0.1) is 5.92 Å². The van der Waals surface area contributed by atoms with Crippen molar-refractivity contribution in [3.05, 3.63) is 62.4 Å². The number of nitrogen functional groups attached to an aromatic ring is 2. The number of ether oxygens (including phenoxy) is 4. The van der Waals surface area contributed by atoms with Crippen molar-refractivity contribution in [2.45, 2.75) is 80.9 Å². The Bertz CT molecular complexity index is 3390. The molecule has 0 saturated carbocycles. The van der Waals surface area contributed by atoms with Crippen molar-refractivity contribution in [2.75, 3.05) is 44.9 Å². The van der Waals surface area contributed by atoms with Crippen molar-refractivity contribution in [1.82, 2.24) is 48.9 Å². The summed E-state index contributed by atoms with van der Waals surface area (Å²) in [7, 11) is -21.0. The van der Waals surface area contributed by atoms with Crippen molar-refractivity contribution >= 4 is 71.3 Å². The number of fused-ring (bicyclic) bond motifs is 2. The monoisotopic (exact) mass is 1180 g/mol. The molecule has 5 aromatic rings. The van der Waals surface area contributed by atoms with E-state index in [9.17, 15) is 72.3 Å². The number of rotatable bonds is 22. The summed E-state index contributed by atoms with van der Waals surface area (Å²) in [6, 6.07) is 0.921. The van der Waals surface area contributed by atoms with Gasteiger partial charge in [-0.3, -0.25) is 56.1 Å². The summed E-state index contributed by atoms with van der Waals surface area (Å²) >= 11 is 0. The second kappa shape index (κ2) is 22.6. The minimum atomic E-state index is -6.23. The number of phosphoric acid groups is 4. The number of carbonyl (C=O) groups excluding carboxylic acids is 1. The van der Waals surface area contributed by atoms with Crippen molar-refractivity contribution in [3.8, 4) is 0 Å². The summed E-state index contributed by atoms with van der Waals surface area (Å²) in [5.74, 6) is -2.26. The zero-order valence-electron chi connectivity index (χ0n) is 39.9. The van der Waals surface area contributed by atoms with Crippen LogP contribution in [-0.4, -0.2) is 167 Å². The van der Waals surface area contributed by atoms with E-state index in [-0.39, 0.29) is 40.6 Å². The van der Waals surface area contributed by atoms with Crippen LogP contribution in [-0.2, 0) is 75.8 Å². The zero-order valence-corrected chi connectivity index (χ0v) is 43.4. The molecule has 424 valence electrons. The number of hydrogen-bond acceptors (Lipinski definition) is 27. The number of methoxy groups -OCH3 is 1. The fourth-order valence-corrected chi connectivity index (χ4v) is 13.1. The summed E-state index contributed by atoms with van der Waals surface area (Å²) in [6.07, 6.45) is -14.4. The van der Waals surface area contributed by atoms with Gasteiger partial charge in [0.15, 0.2) is 30.2 Å². The van der Waals surface area contributed by atoms with E-state index in [0.29, 0.717) is 0 Å². The average Bonchev–Trinajstić information content (AvgIpc) is 4.17. The number of nitrogens with two attached hydrogens (primary N) is 2. The molecule has 8 heterocycles. The molecule has 38 nitrogen and oxygen atoms in total. The molecule has 3 aliphatic heterocycles. The van der Waals surface area contributed by atoms with Gasteiger partial charge in [0.2, 0.25) is 17.7 Å². The first kappa shape index (κ1) is 58.0. The van der Waals surface area contributed by atoms with E-state index in [1.165, 1.54) is 27.1 Å². The van der Waals surface area contributed by atoms with E-state index in [2.05, 4.69) is 38.9 Å². The van der Waals surface area contributed by atoms with Crippen LogP contribution < -0.4 is 38.2 Å². The summed E-state index contributed by atoms with van der Waals surface area (Å²) in [5, 5.41) is 35.2. The number of nitrogens with one attached hydrogen (secondary N) is 3. The Morgan fingerprint density at radius 2 is 1.47 bits per heavy atom. The highest BCUT2D eigenvalue weighted by atomic mass is 31.3. The third-order valence-corrected chi connectivity index (χ3v) is 17.2. The van der Waals surface area contributed by atoms with Crippen LogP contribution in [0.4, 0.5) is 11.8 Å². The van der Waals surface area contributed by atoms with Crippen LogP contribution in [0.2, 0.25) is 0 Å². The molecule has 3 aliphatic rings. The lowest BCUT2D eigenvalue weighted by Gasteiger charge is -2.26. The van der Waals surface area contributed by atoms with Crippen molar-refractivity contribution < 1.29 is 108 Å². The van der Waals surface area contributed by atoms with Gasteiger partial charge >= 0.3 is 42.6 Å². The van der Waals surface area contributed by atoms with Gasteiger partial charge in [-0.1, -0.05) is 4.98 Å². The fourth-order valence-electron chi connectivity index (χ4n) is 8.61. The summed E-state index contributed by atoms with van der Waals surface area (Å²) in [4.78, 5) is 112. The third kappa shape index (κ3) is 12.7. The maximum Gasteiger partial charge on any atom is 0.490 e. The molecule has 3 saturated heterocycles. The molecular weight excluding hydrogens is 1130 g/mol. The maximum atomic E-state index is 13.6. The second-order valence-electron chi connectivity index (χ2n) is 17.0. The molecule has 8 rings (SSSR count). The van der Waals surface area contributed by atoms with E-state index >= 15 is 0 Å². The van der Waals surface area contributed by atoms with Gasteiger partial charge in [0.05, 0.1) is 39.3 Å². The standard InChI is InChI=1S/C35H49N13O25P4/c1-4-38-19(50)7-14-15(68-31(22(14)51)48-13-45(2)21-29(48)43-34(37)44-30(21)54)8-66-75(58,59)72-77(62,63)73-76(60,61)67-10-17-25(26(64-3)33(70-17)47-12-41-20-27(36)39-11-40-28(20)47)71-74(56,57)65-9-16-23(52)24(53)32(69-16)46-6-5-18(49)42-35(46)55/h5-6,11-17,22-26,31-33,51-53H,4,7-10H2,1-3H3,(H10-,36,37,38,39,40,42,43,44,49,50,54,55,56,57,58,59,60,61,62,63)/p+1/t14-,15-,16-,17-,22-,23-,24-,25-,26-,31-,32-,33-/m1/s1. The smallest absolute Gasteiger partial charge is 0.387 e. The van der Waals surface area contributed by atoms with Gasteiger partial charge in [0.25, 0.3) is 17.1 Å². The van der Waals surface area contributed by atoms with E-state index in [1.54, 1.807) is 6.92 Å². The molecule has 16 atom stereocenters. The lowest BCUT2D eigenvalue weighted by molar-refractivity contribution is -0.745. The number of aromatic nitrogens is 10. The molecule has 5 aromatic heterocycles. The number of amides is 1. The minimum absolute atomic E-state index is 0.00187. The second-order valence-corrected chi connectivity index (χ2v) is 23.1. The Morgan fingerprint density at radius 3 is 2.13 bits per heavy atom. The van der Waals surface area contributed by atoms with Crippen LogP contribution in [0.5, 0.6) is 0 Å². The Balaban J connectivity index is 0.949. The molecule has 0 bridgehead atoms. The number of hydrogen-bond donors (Lipinski definition) is 12. The molecule has 0 aromatic carbocycles. The van der Waals surface area contributed by atoms with Gasteiger partial charge in [-0.2, -0.15) is 8.62 Å². The largest absolute Gasteiger partial charge is 0.490 e. The zero-order chi connectivity index (χ0) is 56.1. The number of carbonyl (C=O) groups is 1. The highest BCUT2D eigenvalue weighted by Crippen LogP contribution is 2.68. The first-order valence-corrected chi connectivity index (χ1v) is 28.3. The van der Waals surface area contributed by atoms with Crippen LogP contribution in [0.25, 0.3) is 22.3 Å². The highest BCUT2D eigenvalue weighted by Gasteiger charge is 2.54. The van der Waals surface area contributed by atoms with E-state index in [1.807, 2.05) is 4.98 Å². The number of aromatic amines is 2. The molecule has 3 fully saturated rings. The number of H-pyrrole nitrogens is 2. The van der Waals surface area contributed by atoms with E-state index in [4.69, 9.17) is 48.5 Å². The number of aryl methyl sites for hydroxylation is 1. The van der Waals surface area contributed by atoms with Gasteiger partial charge in [-0.05, 0) is 6.92 Å². The van der Waals surface area contributed by atoms with Crippen LogP contribution in [0.15, 0.2) is 45.6 Å². The summed E-state index contributed by atoms with van der Waals surface area (Å²) in [5.41, 5.74) is 9.14. The first-order valence-electron chi connectivity index (χ1n) is 22.3. The number of nitrogens with zero attached hydrogens (tertiary/aromatic N) is 8. The number of aliphatic hydroxyl groups excluding tert-OH is 3. The SMILES string of the molecule is CCNC(=O)C[C@H]1[C@@H](O)[C@H]([n+]2cn(C)c3c(=O)[nH]c(N)nc32)O[C@@H]1COP(=O)(O)OP(=O)(O)OP(=O)(O)OC[C@H]1O[C@@H](n2cnc3c(N)ncnc32)[C@H](OC)[C@@H]1OP(=O)(O)OC[C@H]1O[C@@H](n2ccc(=O)[nH]c2=O)[C@H](O)[C@@H]1O. The van der Waals surface area contributed by atoms with Gasteiger partial charge in [-0.25, -0.2) is 42.6 Å². The Morgan fingerprint density at radius 1 is 0.818 bits per heavy atom. The molecule has 0 spiro atoms. The van der Waals surface area contributed by atoms with Gasteiger partial charge in [0.1, 0.15) is 54.6 Å². The van der Waals surface area contributed by atoms with E-state index in [0.717, 1.165) is 36.6 Å². The maximum absolute atomic E-state index is 13.6. The number of anilines is 2. The van der Waals surface area contributed by atoms with Gasteiger partial charge in [0, 0.05) is 38.3 Å². The van der Waals surface area contributed by atoms with Gasteiger partial charge < -0.3 is 70.6 Å². The first-order chi connectivity index (χ1) is 36.1. The fraction of sp³-hybridized carbons (Fsp3) is 0.571. The predicted octanol–water partition coefficient (Wildman–Crippen LogP) is -4.09. The quantitative estimate of drug-likeness (QED) is 0.0231. The normalized spacial score (nSPS) is 29.8. The molecule has 0 radical (unpaired) electrons. The van der Waals surface area contributed by atoms with E-state index < -0.39 is 154 Å². The minimum Gasteiger partial charge on any atom is -0.387 e. The predicted molar refractivity (Wildman–Crippen MR) is 249 cm³/mol. The summed E-state index contributed by atoms with van der Waals surface area (Å²) < 4.78 is 109. The molecule has 42 heteroatoms. The molecule has 77 heavy (non-hydrogen) atoms. The highest BCUT2D eigenvalue weighted by molar-refractivity contribution is 7.66. The third-order valence-electron chi connectivity index (χ3n) is 11.9. The number of phosphoric ester groups is 3. The van der Waals surface area contributed by atoms with Crippen LogP contribution >= 0.6 is 31.3 Å². The average molecular weight is 1180 g/mol. The molecule has 4 unspecified atom stereocenters. The Hall–Kier alpha value is -5.11.